The molecule has 0 unspecified atom stereocenters. The van der Waals surface area contributed by atoms with Crippen LogP contribution >= 0.6 is 0 Å². The molecule has 3 fully saturated rings. The highest BCUT2D eigenvalue weighted by Crippen LogP contribution is 2.54. The van der Waals surface area contributed by atoms with Crippen molar-refractivity contribution in [3.05, 3.63) is 0 Å². The van der Waals surface area contributed by atoms with E-state index in [4.69, 9.17) is 9.47 Å². The van der Waals surface area contributed by atoms with Crippen molar-refractivity contribution < 1.29 is 9.47 Å². The number of rotatable bonds is 6. The highest BCUT2D eigenvalue weighted by atomic mass is 16.5. The second-order valence-electron chi connectivity index (χ2n) is 7.46. The van der Waals surface area contributed by atoms with E-state index in [9.17, 15) is 0 Å². The Morgan fingerprint density at radius 1 is 1.29 bits per heavy atom. The Hall–Kier alpha value is -1.21. The molecular weight excluding hydrogens is 306 g/mol. The molecule has 24 heavy (non-hydrogen) atoms. The number of nitrogens with zero attached hydrogens (tertiary/aromatic N) is 5. The fraction of sp³-hybridized carbons (Fsp3) is 0.941. The molecule has 0 aromatic carbocycles. The van der Waals surface area contributed by atoms with Crippen LogP contribution in [-0.2, 0) is 16.0 Å². The van der Waals surface area contributed by atoms with Gasteiger partial charge in [-0.2, -0.15) is 0 Å². The van der Waals surface area contributed by atoms with Crippen molar-refractivity contribution in [2.24, 2.45) is 11.3 Å². The van der Waals surface area contributed by atoms with Crippen LogP contribution in [0.1, 0.15) is 45.4 Å². The summed E-state index contributed by atoms with van der Waals surface area (Å²) in [5.41, 5.74) is 0.418. The normalized spacial score (nSPS) is 28.6. The fourth-order valence-electron chi connectivity index (χ4n) is 5.14. The molecule has 1 aromatic rings. The number of fused-ring (bicyclic) bond motifs is 2. The van der Waals surface area contributed by atoms with E-state index in [1.807, 2.05) is 11.6 Å². The highest BCUT2D eigenvalue weighted by Gasteiger charge is 2.55. The zero-order valence-corrected chi connectivity index (χ0v) is 14.7. The first-order chi connectivity index (χ1) is 11.8. The van der Waals surface area contributed by atoms with Crippen LogP contribution < -0.4 is 4.90 Å². The number of ether oxygens (including phenoxy) is 2. The van der Waals surface area contributed by atoms with Crippen LogP contribution in [0.2, 0.25) is 0 Å². The molecule has 3 aliphatic rings. The second-order valence-corrected chi connectivity index (χ2v) is 7.46. The molecule has 7 nitrogen and oxygen atoms in total. The lowest BCUT2D eigenvalue weighted by Gasteiger charge is -2.37. The summed E-state index contributed by atoms with van der Waals surface area (Å²) < 4.78 is 13.1. The van der Waals surface area contributed by atoms with Crippen molar-refractivity contribution in [1.29, 1.82) is 0 Å². The Kier molecular flexibility index (Phi) is 4.72. The van der Waals surface area contributed by atoms with Gasteiger partial charge in [0.15, 0.2) is 0 Å². The molecule has 0 amide bonds. The summed E-state index contributed by atoms with van der Waals surface area (Å²) >= 11 is 0. The van der Waals surface area contributed by atoms with Gasteiger partial charge in [-0.15, -0.1) is 0 Å². The number of aryl methyl sites for hydroxylation is 1. The maximum Gasteiger partial charge on any atom is 0.245 e. The Balaban J connectivity index is 1.51. The minimum Gasteiger partial charge on any atom is -0.382 e. The first-order valence-corrected chi connectivity index (χ1v) is 9.52. The van der Waals surface area contributed by atoms with Crippen molar-refractivity contribution in [2.45, 2.75) is 58.0 Å². The van der Waals surface area contributed by atoms with Gasteiger partial charge in [0.2, 0.25) is 5.95 Å². The molecule has 2 atom stereocenters. The van der Waals surface area contributed by atoms with E-state index in [1.54, 1.807) is 0 Å². The summed E-state index contributed by atoms with van der Waals surface area (Å²) in [4.78, 5) is 2.52. The molecule has 0 N–H and O–H groups in total. The van der Waals surface area contributed by atoms with Crippen LogP contribution in [0.3, 0.4) is 0 Å². The molecule has 1 spiro atoms. The van der Waals surface area contributed by atoms with Gasteiger partial charge >= 0.3 is 0 Å². The molecule has 2 saturated heterocycles. The lowest BCUT2D eigenvalue weighted by molar-refractivity contribution is 0.00154. The van der Waals surface area contributed by atoms with Gasteiger partial charge in [-0.25, -0.2) is 4.68 Å². The number of aromatic nitrogens is 4. The minimum absolute atomic E-state index is 0.418. The highest BCUT2D eigenvalue weighted by molar-refractivity contribution is 5.37. The monoisotopic (exact) mass is 335 g/mol. The smallest absolute Gasteiger partial charge is 0.245 e. The molecular formula is C17H29N5O2. The molecule has 134 valence electrons. The molecule has 2 aliphatic heterocycles. The van der Waals surface area contributed by atoms with Crippen molar-refractivity contribution in [1.82, 2.24) is 20.2 Å². The SMILES string of the molecule is CCOCCCn1nnnc1N1CC2(CCOCC2)[C@@H]2CCC[C@@H]21. The Labute approximate surface area is 143 Å². The third-order valence-electron chi connectivity index (χ3n) is 6.27. The molecule has 0 bridgehead atoms. The average Bonchev–Trinajstić information content (AvgIpc) is 3.31. The summed E-state index contributed by atoms with van der Waals surface area (Å²) in [5, 5.41) is 12.6. The van der Waals surface area contributed by atoms with E-state index < -0.39 is 0 Å². The standard InChI is InChI=1S/C17H29N5O2/c1-2-23-10-4-9-22-16(18-19-20-22)21-13-17(7-11-24-12-8-17)14-5-3-6-15(14)21/h14-15H,2-13H2,1H3/t14-,15+/m1/s1. The maximum atomic E-state index is 5.65. The lowest BCUT2D eigenvalue weighted by Crippen LogP contribution is -2.37. The van der Waals surface area contributed by atoms with Crippen molar-refractivity contribution in [2.75, 3.05) is 37.9 Å². The second kappa shape index (κ2) is 6.96. The van der Waals surface area contributed by atoms with Gasteiger partial charge in [-0.3, -0.25) is 0 Å². The van der Waals surface area contributed by atoms with Crippen molar-refractivity contribution >= 4 is 5.95 Å². The van der Waals surface area contributed by atoms with Crippen LogP contribution in [0.15, 0.2) is 0 Å². The van der Waals surface area contributed by atoms with Crippen LogP contribution in [0.4, 0.5) is 5.95 Å². The molecule has 3 heterocycles. The largest absolute Gasteiger partial charge is 0.382 e. The minimum atomic E-state index is 0.418. The lowest BCUT2D eigenvalue weighted by atomic mass is 9.71. The van der Waals surface area contributed by atoms with Crippen molar-refractivity contribution in [3.63, 3.8) is 0 Å². The van der Waals surface area contributed by atoms with Gasteiger partial charge in [0.1, 0.15) is 0 Å². The molecule has 1 aromatic heterocycles. The van der Waals surface area contributed by atoms with Crippen LogP contribution in [0.5, 0.6) is 0 Å². The first kappa shape index (κ1) is 16.3. The van der Waals surface area contributed by atoms with Gasteiger partial charge in [0, 0.05) is 45.6 Å². The van der Waals surface area contributed by atoms with E-state index in [-0.39, 0.29) is 0 Å². The molecule has 7 heteroatoms. The van der Waals surface area contributed by atoms with E-state index in [0.29, 0.717) is 11.5 Å². The van der Waals surface area contributed by atoms with E-state index in [1.165, 1.54) is 32.1 Å². The zero-order valence-electron chi connectivity index (χ0n) is 14.7. The third kappa shape index (κ3) is 2.81. The van der Waals surface area contributed by atoms with E-state index in [2.05, 4.69) is 20.4 Å². The molecule has 4 rings (SSSR count). The summed E-state index contributed by atoms with van der Waals surface area (Å²) in [6, 6.07) is 0.611. The topological polar surface area (TPSA) is 65.3 Å². The van der Waals surface area contributed by atoms with Crippen LogP contribution in [-0.4, -0.2) is 59.2 Å². The number of hydrogen-bond donors (Lipinski definition) is 0. The maximum absolute atomic E-state index is 5.65. The van der Waals surface area contributed by atoms with Crippen molar-refractivity contribution in [3.8, 4) is 0 Å². The van der Waals surface area contributed by atoms with E-state index >= 15 is 0 Å². The molecule has 1 aliphatic carbocycles. The van der Waals surface area contributed by atoms with Gasteiger partial charge in [-0.1, -0.05) is 11.5 Å². The third-order valence-corrected chi connectivity index (χ3v) is 6.27. The van der Waals surface area contributed by atoms with Crippen LogP contribution in [0.25, 0.3) is 0 Å². The van der Waals surface area contributed by atoms with E-state index in [0.717, 1.165) is 57.8 Å². The van der Waals surface area contributed by atoms with Gasteiger partial charge in [-0.05, 0) is 60.8 Å². The fourth-order valence-corrected chi connectivity index (χ4v) is 5.14. The Morgan fingerprint density at radius 3 is 3.00 bits per heavy atom. The average molecular weight is 335 g/mol. The summed E-state index contributed by atoms with van der Waals surface area (Å²) in [6.07, 6.45) is 7.30. The van der Waals surface area contributed by atoms with Gasteiger partial charge in [0.25, 0.3) is 0 Å². The molecule has 0 radical (unpaired) electrons. The number of tetrazole rings is 1. The van der Waals surface area contributed by atoms with Crippen LogP contribution in [0, 0.1) is 11.3 Å². The number of hydrogen-bond acceptors (Lipinski definition) is 6. The summed E-state index contributed by atoms with van der Waals surface area (Å²) in [5.74, 6) is 1.75. The summed E-state index contributed by atoms with van der Waals surface area (Å²) in [7, 11) is 0. The Morgan fingerprint density at radius 2 is 2.17 bits per heavy atom. The zero-order chi connectivity index (χ0) is 16.4. The summed E-state index contributed by atoms with van der Waals surface area (Å²) in [6.45, 7) is 7.31. The first-order valence-electron chi connectivity index (χ1n) is 9.52. The quantitative estimate of drug-likeness (QED) is 0.740. The predicted octanol–water partition coefficient (Wildman–Crippen LogP) is 1.89. The Bertz CT molecular complexity index is 543. The number of anilines is 1. The van der Waals surface area contributed by atoms with Gasteiger partial charge in [0.05, 0.1) is 0 Å². The predicted molar refractivity (Wildman–Crippen MR) is 89.9 cm³/mol. The molecule has 1 saturated carbocycles. The van der Waals surface area contributed by atoms with Gasteiger partial charge < -0.3 is 14.4 Å².